The minimum absolute atomic E-state index is 0. The zero-order valence-corrected chi connectivity index (χ0v) is 16.9. The van der Waals surface area contributed by atoms with Gasteiger partial charge in [0, 0.05) is 19.3 Å². The van der Waals surface area contributed by atoms with Crippen LogP contribution in [0.5, 0.6) is 0 Å². The van der Waals surface area contributed by atoms with Crippen molar-refractivity contribution in [2.45, 2.75) is 51.6 Å². The molecule has 0 bridgehead atoms. The van der Waals surface area contributed by atoms with Crippen LogP contribution >= 0.6 is 12.4 Å². The maximum Gasteiger partial charge on any atom is 0.274 e. The molecule has 0 aliphatic carbocycles. The first-order valence-corrected chi connectivity index (χ1v) is 9.75. The molecule has 2 fully saturated rings. The molecule has 0 aromatic carbocycles. The van der Waals surface area contributed by atoms with Crippen LogP contribution in [-0.4, -0.2) is 40.2 Å². The van der Waals surface area contributed by atoms with Crippen LogP contribution in [0.4, 0.5) is 0 Å². The second kappa shape index (κ2) is 8.48. The molecule has 2 aromatic heterocycles. The van der Waals surface area contributed by atoms with Crippen molar-refractivity contribution in [3.8, 4) is 0 Å². The third kappa shape index (κ3) is 4.22. The minimum atomic E-state index is 0. The van der Waals surface area contributed by atoms with Gasteiger partial charge in [0.2, 0.25) is 0 Å². The number of carbonyl (C=O) groups excluding carboxylic acids is 1. The van der Waals surface area contributed by atoms with E-state index in [2.05, 4.69) is 17.3 Å². The number of hydrogen-bond acceptors (Lipinski definition) is 4. The lowest BCUT2D eigenvalue weighted by Gasteiger charge is -2.37. The van der Waals surface area contributed by atoms with Crippen molar-refractivity contribution in [1.29, 1.82) is 0 Å². The Morgan fingerprint density at radius 2 is 2.15 bits per heavy atom. The summed E-state index contributed by atoms with van der Waals surface area (Å²) in [5, 5.41) is 8.02. The van der Waals surface area contributed by atoms with Crippen LogP contribution in [0.1, 0.15) is 66.7 Å². The van der Waals surface area contributed by atoms with E-state index in [1.165, 1.54) is 0 Å². The van der Waals surface area contributed by atoms with E-state index in [0.29, 0.717) is 17.7 Å². The van der Waals surface area contributed by atoms with Crippen molar-refractivity contribution in [2.24, 2.45) is 5.92 Å². The third-order valence-corrected chi connectivity index (χ3v) is 5.69. The summed E-state index contributed by atoms with van der Waals surface area (Å²) in [6.07, 6.45) is 6.17. The highest BCUT2D eigenvalue weighted by molar-refractivity contribution is 5.92. The van der Waals surface area contributed by atoms with Gasteiger partial charge in [0.05, 0.1) is 12.1 Å². The van der Waals surface area contributed by atoms with Crippen molar-refractivity contribution in [3.63, 3.8) is 0 Å². The van der Waals surface area contributed by atoms with Crippen molar-refractivity contribution in [1.82, 2.24) is 20.0 Å². The molecule has 2 saturated heterocycles. The summed E-state index contributed by atoms with van der Waals surface area (Å²) in [5.74, 6) is 2.37. The fraction of sp³-hybridized carbons (Fsp3) is 0.600. The number of likely N-dealkylation sites (tertiary alicyclic amines) is 1. The van der Waals surface area contributed by atoms with Gasteiger partial charge >= 0.3 is 0 Å². The molecule has 7 heteroatoms. The Kier molecular flexibility index (Phi) is 6.27. The molecule has 0 radical (unpaired) electrons. The fourth-order valence-electron chi connectivity index (χ4n) is 4.15. The first-order chi connectivity index (χ1) is 12.6. The summed E-state index contributed by atoms with van der Waals surface area (Å²) in [4.78, 5) is 15.1. The van der Waals surface area contributed by atoms with Crippen LogP contribution in [0.3, 0.4) is 0 Å². The van der Waals surface area contributed by atoms with Gasteiger partial charge in [0.15, 0.2) is 0 Å². The van der Waals surface area contributed by atoms with Gasteiger partial charge in [0.1, 0.15) is 17.2 Å². The molecule has 4 heterocycles. The number of hydrogen-bond donors (Lipinski definition) is 1. The van der Waals surface area contributed by atoms with Gasteiger partial charge in [-0.3, -0.25) is 9.48 Å². The number of nitrogens with one attached hydrogen (secondary N) is 1. The van der Waals surface area contributed by atoms with E-state index in [0.717, 1.165) is 56.8 Å². The molecule has 0 saturated carbocycles. The van der Waals surface area contributed by atoms with Crippen molar-refractivity contribution < 1.29 is 9.21 Å². The number of aromatic nitrogens is 2. The molecule has 2 aliphatic heterocycles. The maximum absolute atomic E-state index is 13.2. The zero-order valence-electron chi connectivity index (χ0n) is 16.1. The number of halogens is 1. The van der Waals surface area contributed by atoms with Crippen molar-refractivity contribution >= 4 is 18.3 Å². The number of carbonyl (C=O) groups is 1. The van der Waals surface area contributed by atoms with Crippen LogP contribution in [0.25, 0.3) is 0 Å². The van der Waals surface area contributed by atoms with E-state index < -0.39 is 0 Å². The Hall–Kier alpha value is -1.79. The summed E-state index contributed by atoms with van der Waals surface area (Å²) in [6, 6.07) is 6.18. The first kappa shape index (κ1) is 20.0. The molecule has 0 spiro atoms. The van der Waals surface area contributed by atoms with Crippen LogP contribution < -0.4 is 5.32 Å². The molecule has 1 amide bonds. The molecule has 4 rings (SSSR count). The van der Waals surface area contributed by atoms with Crippen LogP contribution in [0.2, 0.25) is 0 Å². The number of amides is 1. The SMILES string of the molecule is Cc1ccc(C2CC(C)CCN2C(=O)c2ccn(C3CCCNC3)n2)o1.Cl. The topological polar surface area (TPSA) is 63.3 Å². The number of piperidine rings is 2. The Bertz CT molecular complexity index is 766. The first-order valence-electron chi connectivity index (χ1n) is 9.75. The van der Waals surface area contributed by atoms with E-state index in [-0.39, 0.29) is 24.4 Å². The third-order valence-electron chi connectivity index (χ3n) is 5.69. The van der Waals surface area contributed by atoms with Gasteiger partial charge in [-0.15, -0.1) is 12.4 Å². The molecule has 148 valence electrons. The smallest absolute Gasteiger partial charge is 0.274 e. The summed E-state index contributed by atoms with van der Waals surface area (Å²) >= 11 is 0. The Morgan fingerprint density at radius 3 is 2.85 bits per heavy atom. The van der Waals surface area contributed by atoms with Crippen LogP contribution in [0.15, 0.2) is 28.8 Å². The normalized spacial score (nSPS) is 25.9. The van der Waals surface area contributed by atoms with Gasteiger partial charge in [0.25, 0.3) is 5.91 Å². The second-order valence-electron chi connectivity index (χ2n) is 7.77. The Labute approximate surface area is 166 Å². The maximum atomic E-state index is 13.2. The monoisotopic (exact) mass is 392 g/mol. The largest absolute Gasteiger partial charge is 0.464 e. The molecule has 6 nitrogen and oxygen atoms in total. The predicted octanol–water partition coefficient (Wildman–Crippen LogP) is 3.74. The van der Waals surface area contributed by atoms with E-state index in [1.807, 2.05) is 40.9 Å². The van der Waals surface area contributed by atoms with Crippen LogP contribution in [0, 0.1) is 12.8 Å². The molecule has 3 unspecified atom stereocenters. The lowest BCUT2D eigenvalue weighted by Crippen LogP contribution is -2.40. The van der Waals surface area contributed by atoms with E-state index in [9.17, 15) is 4.79 Å². The second-order valence-corrected chi connectivity index (χ2v) is 7.77. The molecular formula is C20H29ClN4O2. The molecule has 1 N–H and O–H groups in total. The standard InChI is InChI=1S/C20H28N4O2.ClH/c1-14-7-10-23(18(12-14)19-6-5-15(2)26-19)20(25)17-8-11-24(22-17)16-4-3-9-21-13-16;/h5-6,8,11,14,16,18,21H,3-4,7,9-10,12-13H2,1-2H3;1H. The quantitative estimate of drug-likeness (QED) is 0.864. The fourth-order valence-corrected chi connectivity index (χ4v) is 4.15. The molecule has 3 atom stereocenters. The van der Waals surface area contributed by atoms with E-state index in [4.69, 9.17) is 4.42 Å². The number of rotatable bonds is 3. The summed E-state index contributed by atoms with van der Waals surface area (Å²) in [5.41, 5.74) is 0.540. The number of nitrogens with zero attached hydrogens (tertiary/aromatic N) is 3. The Balaban J connectivity index is 0.00000210. The van der Waals surface area contributed by atoms with Gasteiger partial charge in [-0.05, 0) is 63.3 Å². The van der Waals surface area contributed by atoms with Crippen LogP contribution in [-0.2, 0) is 0 Å². The van der Waals surface area contributed by atoms with Crippen molar-refractivity contribution in [2.75, 3.05) is 19.6 Å². The molecule has 27 heavy (non-hydrogen) atoms. The number of furan rings is 1. The zero-order chi connectivity index (χ0) is 18.1. The average molecular weight is 393 g/mol. The highest BCUT2D eigenvalue weighted by Gasteiger charge is 2.34. The molecule has 2 aromatic rings. The lowest BCUT2D eigenvalue weighted by atomic mass is 9.91. The highest BCUT2D eigenvalue weighted by Crippen LogP contribution is 2.35. The van der Waals surface area contributed by atoms with E-state index in [1.54, 1.807) is 0 Å². The number of aryl methyl sites for hydroxylation is 1. The summed E-state index contributed by atoms with van der Waals surface area (Å²) in [7, 11) is 0. The van der Waals surface area contributed by atoms with E-state index >= 15 is 0 Å². The van der Waals surface area contributed by atoms with Gasteiger partial charge in [-0.1, -0.05) is 6.92 Å². The summed E-state index contributed by atoms with van der Waals surface area (Å²) < 4.78 is 7.82. The molecule has 2 aliphatic rings. The Morgan fingerprint density at radius 1 is 1.30 bits per heavy atom. The predicted molar refractivity (Wildman–Crippen MR) is 106 cm³/mol. The molecular weight excluding hydrogens is 364 g/mol. The van der Waals surface area contributed by atoms with Gasteiger partial charge < -0.3 is 14.6 Å². The average Bonchev–Trinajstić information content (AvgIpc) is 3.31. The van der Waals surface area contributed by atoms with Gasteiger partial charge in [-0.2, -0.15) is 5.10 Å². The highest BCUT2D eigenvalue weighted by atomic mass is 35.5. The minimum Gasteiger partial charge on any atom is -0.464 e. The summed E-state index contributed by atoms with van der Waals surface area (Å²) in [6.45, 7) is 6.93. The lowest BCUT2D eigenvalue weighted by molar-refractivity contribution is 0.0512. The van der Waals surface area contributed by atoms with Gasteiger partial charge in [-0.25, -0.2) is 0 Å². The van der Waals surface area contributed by atoms with Crippen molar-refractivity contribution in [3.05, 3.63) is 41.6 Å².